The molecule has 0 aliphatic heterocycles. The van der Waals surface area contributed by atoms with E-state index in [1.807, 2.05) is 30.3 Å². The number of amides is 1. The van der Waals surface area contributed by atoms with Crippen LogP contribution in [0.1, 0.15) is 12.0 Å². The maximum atomic E-state index is 12.1. The van der Waals surface area contributed by atoms with Crippen LogP contribution >= 0.6 is 0 Å². The van der Waals surface area contributed by atoms with Gasteiger partial charge in [0.1, 0.15) is 6.54 Å². The number of nitrogens with one attached hydrogen (secondary N) is 2. The summed E-state index contributed by atoms with van der Waals surface area (Å²) in [5.41, 5.74) is 0.831. The minimum Gasteiger partial charge on any atom is -0.355 e. The molecule has 0 aliphatic carbocycles. The monoisotopic (exact) mass is 337 g/mol. The first-order valence-corrected chi connectivity index (χ1v) is 8.17. The fourth-order valence-electron chi connectivity index (χ4n) is 2.74. The number of aromatic nitrogens is 2. The third-order valence-corrected chi connectivity index (χ3v) is 3.99. The van der Waals surface area contributed by atoms with Crippen LogP contribution in [0.5, 0.6) is 0 Å². The molecule has 3 aromatic rings. The maximum absolute atomic E-state index is 12.1. The minimum atomic E-state index is -0.726. The Bertz CT molecular complexity index is 990. The number of carbonyl (C=O) groups is 1. The summed E-state index contributed by atoms with van der Waals surface area (Å²) in [5.74, 6) is -0.286. The number of aromatic amines is 1. The van der Waals surface area contributed by atoms with Crippen molar-refractivity contribution in [1.29, 1.82) is 0 Å². The molecule has 0 bridgehead atoms. The van der Waals surface area contributed by atoms with Crippen molar-refractivity contribution in [2.24, 2.45) is 0 Å². The van der Waals surface area contributed by atoms with Crippen LogP contribution in [0.25, 0.3) is 11.0 Å². The summed E-state index contributed by atoms with van der Waals surface area (Å²) < 4.78 is 1.21. The van der Waals surface area contributed by atoms with Crippen LogP contribution < -0.4 is 16.4 Å². The van der Waals surface area contributed by atoms with Crippen LogP contribution in [0.2, 0.25) is 0 Å². The van der Waals surface area contributed by atoms with Crippen molar-refractivity contribution < 1.29 is 4.79 Å². The Kier molecular flexibility index (Phi) is 5.09. The highest BCUT2D eigenvalue weighted by molar-refractivity contribution is 5.79. The van der Waals surface area contributed by atoms with Gasteiger partial charge in [0.2, 0.25) is 5.91 Å². The second kappa shape index (κ2) is 7.61. The predicted octanol–water partition coefficient (Wildman–Crippen LogP) is 1.44. The van der Waals surface area contributed by atoms with Crippen LogP contribution in [0.15, 0.2) is 64.2 Å². The molecule has 2 aromatic carbocycles. The van der Waals surface area contributed by atoms with Crippen LogP contribution in [0.3, 0.4) is 0 Å². The van der Waals surface area contributed by atoms with E-state index in [0.717, 1.165) is 12.8 Å². The number of nitrogens with zero attached hydrogens (tertiary/aromatic N) is 1. The molecule has 25 heavy (non-hydrogen) atoms. The van der Waals surface area contributed by atoms with E-state index in [0.29, 0.717) is 17.6 Å². The van der Waals surface area contributed by atoms with E-state index < -0.39 is 11.1 Å². The lowest BCUT2D eigenvalue weighted by molar-refractivity contribution is -0.121. The van der Waals surface area contributed by atoms with Crippen molar-refractivity contribution in [3.05, 3.63) is 80.9 Å². The molecule has 0 aliphatic rings. The number of H-pyrrole nitrogens is 1. The highest BCUT2D eigenvalue weighted by Gasteiger charge is 2.10. The summed E-state index contributed by atoms with van der Waals surface area (Å²) in [4.78, 5) is 38.5. The predicted molar refractivity (Wildman–Crippen MR) is 96.6 cm³/mol. The minimum absolute atomic E-state index is 0.172. The van der Waals surface area contributed by atoms with Crippen LogP contribution in [0, 0.1) is 0 Å². The second-order valence-corrected chi connectivity index (χ2v) is 5.80. The van der Waals surface area contributed by atoms with E-state index in [2.05, 4.69) is 10.3 Å². The van der Waals surface area contributed by atoms with Gasteiger partial charge in [-0.05, 0) is 30.5 Å². The largest absolute Gasteiger partial charge is 0.355 e. The highest BCUT2D eigenvalue weighted by Crippen LogP contribution is 2.07. The smallest absolute Gasteiger partial charge is 0.317 e. The van der Waals surface area contributed by atoms with Gasteiger partial charge in [-0.1, -0.05) is 42.5 Å². The van der Waals surface area contributed by atoms with Crippen LogP contribution in [0.4, 0.5) is 0 Å². The van der Waals surface area contributed by atoms with Gasteiger partial charge in [0.15, 0.2) is 0 Å². The van der Waals surface area contributed by atoms with E-state index in [4.69, 9.17) is 0 Å². The first kappa shape index (κ1) is 16.7. The van der Waals surface area contributed by atoms with Crippen LogP contribution in [-0.4, -0.2) is 22.0 Å². The Labute approximate surface area is 144 Å². The number of fused-ring (bicyclic) bond motifs is 1. The zero-order valence-electron chi connectivity index (χ0n) is 13.7. The molecule has 6 nitrogen and oxygen atoms in total. The lowest BCUT2D eigenvalue weighted by atomic mass is 10.1. The molecule has 0 radical (unpaired) electrons. The number of para-hydroxylation sites is 2. The molecule has 1 aromatic heterocycles. The number of carbonyl (C=O) groups excluding carboxylic acids is 1. The zero-order chi connectivity index (χ0) is 17.6. The highest BCUT2D eigenvalue weighted by atomic mass is 16.2. The topological polar surface area (TPSA) is 84.0 Å². The maximum Gasteiger partial charge on any atom is 0.317 e. The van der Waals surface area contributed by atoms with E-state index in [-0.39, 0.29) is 12.5 Å². The third kappa shape index (κ3) is 4.03. The molecule has 0 fully saturated rings. The van der Waals surface area contributed by atoms with E-state index >= 15 is 0 Å². The molecule has 128 valence electrons. The molecular formula is C19H19N3O3. The summed E-state index contributed by atoms with van der Waals surface area (Å²) in [6.07, 6.45) is 1.68. The summed E-state index contributed by atoms with van der Waals surface area (Å²) in [7, 11) is 0. The summed E-state index contributed by atoms with van der Waals surface area (Å²) in [6, 6.07) is 16.9. The molecule has 1 amide bonds. The van der Waals surface area contributed by atoms with Gasteiger partial charge in [0.25, 0.3) is 0 Å². The van der Waals surface area contributed by atoms with Crippen molar-refractivity contribution in [2.45, 2.75) is 19.4 Å². The van der Waals surface area contributed by atoms with Gasteiger partial charge in [-0.25, -0.2) is 0 Å². The number of benzene rings is 2. The SMILES string of the molecule is O=C(Cn1c(=O)c(=O)[nH]c2ccccc21)NCCCc1ccccc1. The second-order valence-electron chi connectivity index (χ2n) is 5.80. The van der Waals surface area contributed by atoms with Crippen molar-refractivity contribution >= 4 is 16.9 Å². The molecule has 0 saturated carbocycles. The summed E-state index contributed by atoms with van der Waals surface area (Å²) in [6.45, 7) is 0.345. The van der Waals surface area contributed by atoms with E-state index in [9.17, 15) is 14.4 Å². The molecule has 0 saturated heterocycles. The zero-order valence-corrected chi connectivity index (χ0v) is 13.7. The molecular weight excluding hydrogens is 318 g/mol. The van der Waals surface area contributed by atoms with E-state index in [1.54, 1.807) is 24.3 Å². The van der Waals surface area contributed by atoms with E-state index in [1.165, 1.54) is 10.1 Å². The molecule has 0 atom stereocenters. The first-order valence-electron chi connectivity index (χ1n) is 8.17. The van der Waals surface area contributed by atoms with Crippen molar-refractivity contribution in [3.63, 3.8) is 0 Å². The van der Waals surface area contributed by atoms with Crippen molar-refractivity contribution in [3.8, 4) is 0 Å². The van der Waals surface area contributed by atoms with Gasteiger partial charge in [0.05, 0.1) is 11.0 Å². The Morgan fingerprint density at radius 3 is 2.52 bits per heavy atom. The molecule has 3 rings (SSSR count). The van der Waals surface area contributed by atoms with Crippen LogP contribution in [-0.2, 0) is 17.8 Å². The molecule has 2 N–H and O–H groups in total. The van der Waals surface area contributed by atoms with Gasteiger partial charge in [-0.15, -0.1) is 0 Å². The summed E-state index contributed by atoms with van der Waals surface area (Å²) >= 11 is 0. The third-order valence-electron chi connectivity index (χ3n) is 3.99. The average Bonchev–Trinajstić information content (AvgIpc) is 2.63. The van der Waals surface area contributed by atoms with Crippen molar-refractivity contribution in [2.75, 3.05) is 6.54 Å². The standard InChI is InChI=1S/C19H19N3O3/c23-17(20-12-6-9-14-7-2-1-3-8-14)13-22-16-11-5-4-10-15(16)21-18(24)19(22)25/h1-5,7-8,10-11H,6,9,12-13H2,(H,20,23)(H,21,24). The molecule has 1 heterocycles. The van der Waals surface area contributed by atoms with Gasteiger partial charge in [-0.2, -0.15) is 0 Å². The lowest BCUT2D eigenvalue weighted by Crippen LogP contribution is -2.40. The summed E-state index contributed by atoms with van der Waals surface area (Å²) in [5, 5.41) is 2.80. The molecule has 6 heteroatoms. The Hall–Kier alpha value is -3.15. The number of hydrogen-bond donors (Lipinski definition) is 2. The lowest BCUT2D eigenvalue weighted by Gasteiger charge is -2.10. The Balaban J connectivity index is 1.63. The fraction of sp³-hybridized carbons (Fsp3) is 0.211. The number of rotatable bonds is 6. The number of aryl methyl sites for hydroxylation is 1. The molecule has 0 unspecified atom stereocenters. The molecule has 0 spiro atoms. The fourth-order valence-corrected chi connectivity index (χ4v) is 2.74. The number of hydrogen-bond acceptors (Lipinski definition) is 3. The Morgan fingerprint density at radius 2 is 1.72 bits per heavy atom. The van der Waals surface area contributed by atoms with Crippen molar-refractivity contribution in [1.82, 2.24) is 14.9 Å². The average molecular weight is 337 g/mol. The van der Waals surface area contributed by atoms with Gasteiger partial charge in [0, 0.05) is 6.54 Å². The quantitative estimate of drug-likeness (QED) is 0.527. The van der Waals surface area contributed by atoms with Gasteiger partial charge >= 0.3 is 11.1 Å². The van der Waals surface area contributed by atoms with Gasteiger partial charge < -0.3 is 10.3 Å². The van der Waals surface area contributed by atoms with Gasteiger partial charge in [-0.3, -0.25) is 19.0 Å². The first-order chi connectivity index (χ1) is 12.1. The normalized spacial score (nSPS) is 10.7. The Morgan fingerprint density at radius 1 is 1.00 bits per heavy atom.